The van der Waals surface area contributed by atoms with Gasteiger partial charge in [0.25, 0.3) is 11.6 Å². The molecule has 0 aliphatic carbocycles. The number of carboxylic acids is 1. The van der Waals surface area contributed by atoms with Crippen molar-refractivity contribution in [2.45, 2.75) is 0 Å². The fourth-order valence-corrected chi connectivity index (χ4v) is 2.64. The van der Waals surface area contributed by atoms with Gasteiger partial charge in [0, 0.05) is 17.7 Å². The number of aromatic carboxylic acids is 1. The highest BCUT2D eigenvalue weighted by molar-refractivity contribution is 6.08. The van der Waals surface area contributed by atoms with Crippen LogP contribution in [0.5, 0.6) is 0 Å². The van der Waals surface area contributed by atoms with E-state index in [1.54, 1.807) is 12.1 Å². The lowest BCUT2D eigenvalue weighted by molar-refractivity contribution is -0.384. The Morgan fingerprint density at radius 2 is 1.55 bits per heavy atom. The molecule has 0 radical (unpaired) electrons. The van der Waals surface area contributed by atoms with E-state index in [-0.39, 0.29) is 22.5 Å². The van der Waals surface area contributed by atoms with Gasteiger partial charge in [-0.25, -0.2) is 4.79 Å². The number of hydrogen-bond acceptors (Lipinski definition) is 4. The predicted octanol–water partition coefficient (Wildman–Crippen LogP) is 4.72. The maximum absolute atomic E-state index is 12.5. The molecule has 7 nitrogen and oxygen atoms in total. The predicted molar refractivity (Wildman–Crippen MR) is 110 cm³/mol. The van der Waals surface area contributed by atoms with Crippen molar-refractivity contribution in [1.29, 1.82) is 0 Å². The van der Waals surface area contributed by atoms with Gasteiger partial charge in [-0.05, 0) is 35.4 Å². The van der Waals surface area contributed by atoms with E-state index in [0.29, 0.717) is 5.56 Å². The first-order valence-corrected chi connectivity index (χ1v) is 8.60. The number of amides is 1. The number of carbonyl (C=O) groups excluding carboxylic acids is 1. The van der Waals surface area contributed by atoms with Crippen LogP contribution in [0.2, 0.25) is 0 Å². The minimum atomic E-state index is -1.18. The highest BCUT2D eigenvalue weighted by Crippen LogP contribution is 2.21. The fraction of sp³-hybridized carbons (Fsp3) is 0. The van der Waals surface area contributed by atoms with E-state index in [0.717, 1.165) is 5.56 Å². The van der Waals surface area contributed by atoms with Gasteiger partial charge in [-0.15, -0.1) is 0 Å². The molecule has 144 valence electrons. The number of nitrogens with zero attached hydrogens (tertiary/aromatic N) is 1. The lowest BCUT2D eigenvalue weighted by Gasteiger charge is -2.10. The van der Waals surface area contributed by atoms with Crippen molar-refractivity contribution in [2.75, 3.05) is 5.32 Å². The maximum Gasteiger partial charge on any atom is 0.337 e. The van der Waals surface area contributed by atoms with Crippen molar-refractivity contribution in [3.63, 3.8) is 0 Å². The van der Waals surface area contributed by atoms with E-state index in [1.807, 2.05) is 42.5 Å². The molecule has 3 aromatic carbocycles. The second-order valence-electron chi connectivity index (χ2n) is 6.11. The number of non-ortho nitro benzene ring substituents is 1. The molecule has 2 N–H and O–H groups in total. The molecule has 0 spiro atoms. The van der Waals surface area contributed by atoms with Crippen LogP contribution in [0.3, 0.4) is 0 Å². The summed E-state index contributed by atoms with van der Waals surface area (Å²) in [6.07, 6.45) is 3.68. The number of nitro groups is 1. The fourth-order valence-electron chi connectivity index (χ4n) is 2.64. The summed E-state index contributed by atoms with van der Waals surface area (Å²) in [4.78, 5) is 34.1. The molecule has 0 heterocycles. The molecule has 3 aromatic rings. The minimum absolute atomic E-state index is 0.0582. The standard InChI is InChI=1S/C22H16N2O5/c25-21(17-9-11-18(12-10-17)24(28)29)23-20-14-16(8-13-19(20)22(26)27)7-6-15-4-2-1-3-5-15/h1-14H,(H,23,25)(H,26,27). The first kappa shape index (κ1) is 19.5. The van der Waals surface area contributed by atoms with Gasteiger partial charge in [0.15, 0.2) is 0 Å². The Bertz CT molecular complexity index is 1090. The molecule has 0 saturated heterocycles. The summed E-state index contributed by atoms with van der Waals surface area (Å²) in [6.45, 7) is 0. The average molecular weight is 388 g/mol. The summed E-state index contributed by atoms with van der Waals surface area (Å²) >= 11 is 0. The minimum Gasteiger partial charge on any atom is -0.478 e. The van der Waals surface area contributed by atoms with Crippen molar-refractivity contribution in [3.8, 4) is 0 Å². The molecular formula is C22H16N2O5. The second-order valence-corrected chi connectivity index (χ2v) is 6.11. The average Bonchev–Trinajstić information content (AvgIpc) is 2.73. The summed E-state index contributed by atoms with van der Waals surface area (Å²) in [7, 11) is 0. The van der Waals surface area contributed by atoms with Crippen LogP contribution in [0.25, 0.3) is 12.2 Å². The third-order valence-corrected chi connectivity index (χ3v) is 4.13. The summed E-state index contributed by atoms with van der Waals surface area (Å²) < 4.78 is 0. The zero-order chi connectivity index (χ0) is 20.8. The summed E-state index contributed by atoms with van der Waals surface area (Å²) in [5, 5.41) is 22.7. The summed E-state index contributed by atoms with van der Waals surface area (Å²) in [6, 6.07) is 19.3. The van der Waals surface area contributed by atoms with Crippen LogP contribution in [-0.4, -0.2) is 21.9 Å². The van der Waals surface area contributed by atoms with Crippen LogP contribution in [0.1, 0.15) is 31.8 Å². The van der Waals surface area contributed by atoms with Crippen LogP contribution >= 0.6 is 0 Å². The van der Waals surface area contributed by atoms with E-state index < -0.39 is 16.8 Å². The molecule has 0 fully saturated rings. The van der Waals surface area contributed by atoms with Gasteiger partial charge >= 0.3 is 5.97 Å². The summed E-state index contributed by atoms with van der Waals surface area (Å²) in [5.41, 5.74) is 1.80. The van der Waals surface area contributed by atoms with Gasteiger partial charge in [-0.1, -0.05) is 48.6 Å². The van der Waals surface area contributed by atoms with Gasteiger partial charge in [0.2, 0.25) is 0 Å². The maximum atomic E-state index is 12.5. The Hall–Kier alpha value is -4.26. The van der Waals surface area contributed by atoms with Crippen molar-refractivity contribution in [2.24, 2.45) is 0 Å². The lowest BCUT2D eigenvalue weighted by Crippen LogP contribution is -2.15. The van der Waals surface area contributed by atoms with Crippen molar-refractivity contribution < 1.29 is 19.6 Å². The third-order valence-electron chi connectivity index (χ3n) is 4.13. The number of benzene rings is 3. The molecule has 0 aromatic heterocycles. The largest absolute Gasteiger partial charge is 0.478 e. The zero-order valence-corrected chi connectivity index (χ0v) is 15.1. The van der Waals surface area contributed by atoms with E-state index in [4.69, 9.17) is 0 Å². The third kappa shape index (κ3) is 4.92. The number of nitro benzene ring substituents is 1. The highest BCUT2D eigenvalue weighted by Gasteiger charge is 2.15. The molecular weight excluding hydrogens is 372 g/mol. The summed E-state index contributed by atoms with van der Waals surface area (Å²) in [5.74, 6) is -1.74. The van der Waals surface area contributed by atoms with E-state index in [1.165, 1.54) is 30.3 Å². The van der Waals surface area contributed by atoms with Gasteiger partial charge in [-0.2, -0.15) is 0 Å². The normalized spacial score (nSPS) is 10.6. The Balaban J connectivity index is 1.86. The monoisotopic (exact) mass is 388 g/mol. The molecule has 7 heteroatoms. The molecule has 0 aliphatic heterocycles. The smallest absolute Gasteiger partial charge is 0.337 e. The molecule has 0 unspecified atom stereocenters. The van der Waals surface area contributed by atoms with Gasteiger partial charge in [-0.3, -0.25) is 14.9 Å². The molecule has 0 saturated carbocycles. The molecule has 29 heavy (non-hydrogen) atoms. The molecule has 3 rings (SSSR count). The van der Waals surface area contributed by atoms with Gasteiger partial charge in [0.05, 0.1) is 16.2 Å². The molecule has 0 aliphatic rings. The molecule has 0 bridgehead atoms. The van der Waals surface area contributed by atoms with Crippen molar-refractivity contribution in [1.82, 2.24) is 0 Å². The van der Waals surface area contributed by atoms with E-state index in [2.05, 4.69) is 5.32 Å². The topological polar surface area (TPSA) is 110 Å². The Kier molecular flexibility index (Phi) is 5.80. The van der Waals surface area contributed by atoms with Gasteiger partial charge < -0.3 is 10.4 Å². The van der Waals surface area contributed by atoms with Gasteiger partial charge in [0.1, 0.15) is 0 Å². The van der Waals surface area contributed by atoms with Crippen LogP contribution in [0, 0.1) is 10.1 Å². The lowest BCUT2D eigenvalue weighted by atomic mass is 10.1. The SMILES string of the molecule is O=C(Nc1cc(C=Cc2ccccc2)ccc1C(=O)O)c1ccc([N+](=O)[O-])cc1. The quantitative estimate of drug-likeness (QED) is 0.361. The number of carboxylic acid groups (broad SMARTS) is 1. The Labute approximate surface area is 166 Å². The van der Waals surface area contributed by atoms with E-state index in [9.17, 15) is 24.8 Å². The van der Waals surface area contributed by atoms with Crippen LogP contribution in [0.15, 0.2) is 72.8 Å². The van der Waals surface area contributed by atoms with Crippen molar-refractivity contribution in [3.05, 3.63) is 105 Å². The van der Waals surface area contributed by atoms with E-state index >= 15 is 0 Å². The highest BCUT2D eigenvalue weighted by atomic mass is 16.6. The van der Waals surface area contributed by atoms with Crippen LogP contribution in [0.4, 0.5) is 11.4 Å². The number of hydrogen-bond donors (Lipinski definition) is 2. The zero-order valence-electron chi connectivity index (χ0n) is 15.1. The second kappa shape index (κ2) is 8.62. The Morgan fingerprint density at radius 3 is 2.17 bits per heavy atom. The number of anilines is 1. The molecule has 0 atom stereocenters. The van der Waals surface area contributed by atoms with Crippen LogP contribution < -0.4 is 5.32 Å². The number of nitrogens with one attached hydrogen (secondary N) is 1. The Morgan fingerprint density at radius 1 is 0.897 bits per heavy atom. The number of rotatable bonds is 6. The van der Waals surface area contributed by atoms with Crippen LogP contribution in [-0.2, 0) is 0 Å². The van der Waals surface area contributed by atoms with Crippen molar-refractivity contribution >= 4 is 35.4 Å². The first-order chi connectivity index (χ1) is 13.9. The first-order valence-electron chi connectivity index (χ1n) is 8.60. The number of carbonyl (C=O) groups is 2. The molecule has 1 amide bonds.